The molecular weight excluding hydrogens is 257 g/mol. The van der Waals surface area contributed by atoms with Crippen molar-refractivity contribution in [3.05, 3.63) is 27.5 Å². The molecule has 1 heterocycles. The second-order valence-corrected chi connectivity index (χ2v) is 3.35. The van der Waals surface area contributed by atoms with Crippen molar-refractivity contribution in [2.24, 2.45) is 0 Å². The minimum absolute atomic E-state index is 0.248. The van der Waals surface area contributed by atoms with Gasteiger partial charge < -0.3 is 4.74 Å². The molecule has 0 radical (unpaired) electrons. The Morgan fingerprint density at radius 1 is 1.69 bits per heavy atom. The van der Waals surface area contributed by atoms with Crippen molar-refractivity contribution >= 4 is 33.5 Å². The van der Waals surface area contributed by atoms with Crippen LogP contribution in [0.1, 0.15) is 17.4 Å². The number of pyridine rings is 1. The van der Waals surface area contributed by atoms with Gasteiger partial charge in [0.1, 0.15) is 10.3 Å². The van der Waals surface area contributed by atoms with E-state index in [2.05, 4.69) is 20.9 Å². The zero-order valence-electron chi connectivity index (χ0n) is 6.88. The zero-order chi connectivity index (χ0) is 9.84. The average Bonchev–Trinajstić information content (AvgIpc) is 2.10. The lowest BCUT2D eigenvalue weighted by atomic mass is 10.3. The first-order chi connectivity index (χ1) is 6.15. The van der Waals surface area contributed by atoms with Crippen molar-refractivity contribution in [1.82, 2.24) is 4.98 Å². The van der Waals surface area contributed by atoms with E-state index in [1.165, 1.54) is 6.07 Å². The summed E-state index contributed by atoms with van der Waals surface area (Å²) in [6, 6.07) is 3.11. The van der Waals surface area contributed by atoms with Gasteiger partial charge in [-0.25, -0.2) is 9.78 Å². The minimum atomic E-state index is -0.445. The fourth-order valence-electron chi connectivity index (χ4n) is 0.736. The molecule has 1 rings (SSSR count). The van der Waals surface area contributed by atoms with Crippen LogP contribution in [0, 0.1) is 0 Å². The molecule has 0 saturated carbocycles. The van der Waals surface area contributed by atoms with Crippen LogP contribution in [-0.4, -0.2) is 17.6 Å². The molecule has 0 unspecified atom stereocenters. The summed E-state index contributed by atoms with van der Waals surface area (Å²) in [5.74, 6) is -0.445. The van der Waals surface area contributed by atoms with Gasteiger partial charge in [0.05, 0.1) is 11.6 Å². The van der Waals surface area contributed by atoms with Crippen LogP contribution < -0.4 is 0 Å². The summed E-state index contributed by atoms with van der Waals surface area (Å²) in [6.45, 7) is 2.07. The fourth-order valence-corrected chi connectivity index (χ4v) is 1.16. The maximum Gasteiger partial charge on any atom is 0.356 e. The van der Waals surface area contributed by atoms with Crippen LogP contribution in [0.5, 0.6) is 0 Å². The van der Waals surface area contributed by atoms with Crippen molar-refractivity contribution in [3.8, 4) is 0 Å². The lowest BCUT2D eigenvalue weighted by Crippen LogP contribution is -2.06. The van der Waals surface area contributed by atoms with Crippen molar-refractivity contribution < 1.29 is 9.53 Å². The van der Waals surface area contributed by atoms with Gasteiger partial charge in [0.25, 0.3) is 0 Å². The molecule has 0 bridgehead atoms. The fraction of sp³-hybridized carbons (Fsp3) is 0.250. The number of nitrogens with zero attached hydrogens (tertiary/aromatic N) is 1. The summed E-state index contributed by atoms with van der Waals surface area (Å²) in [6.07, 6.45) is 0. The smallest absolute Gasteiger partial charge is 0.356 e. The van der Waals surface area contributed by atoms with Crippen molar-refractivity contribution in [1.29, 1.82) is 0 Å². The minimum Gasteiger partial charge on any atom is -0.461 e. The standard InChI is InChI=1S/C8H7BrClNO2/c1-2-13-8(12)6-4-3-5(10)7(9)11-6/h3-4H,2H2,1H3. The Hall–Kier alpha value is -0.610. The predicted octanol–water partition coefficient (Wildman–Crippen LogP) is 2.67. The Morgan fingerprint density at radius 2 is 2.38 bits per heavy atom. The summed E-state index contributed by atoms with van der Waals surface area (Å²) >= 11 is 8.82. The van der Waals surface area contributed by atoms with E-state index in [-0.39, 0.29) is 5.69 Å². The van der Waals surface area contributed by atoms with Gasteiger partial charge in [-0.3, -0.25) is 0 Å². The molecule has 0 spiro atoms. The number of hydrogen-bond donors (Lipinski definition) is 0. The number of hydrogen-bond acceptors (Lipinski definition) is 3. The zero-order valence-corrected chi connectivity index (χ0v) is 9.22. The Kier molecular flexibility index (Phi) is 3.69. The van der Waals surface area contributed by atoms with Gasteiger partial charge in [0.15, 0.2) is 0 Å². The molecule has 1 aromatic rings. The molecule has 0 amide bonds. The third kappa shape index (κ3) is 2.67. The largest absolute Gasteiger partial charge is 0.461 e. The maximum absolute atomic E-state index is 11.2. The molecule has 0 atom stereocenters. The molecule has 0 aliphatic rings. The van der Waals surface area contributed by atoms with Gasteiger partial charge in [-0.1, -0.05) is 11.6 Å². The molecule has 0 aliphatic carbocycles. The van der Waals surface area contributed by atoms with Crippen LogP contribution >= 0.6 is 27.5 Å². The highest BCUT2D eigenvalue weighted by Crippen LogP contribution is 2.19. The van der Waals surface area contributed by atoms with Crippen LogP contribution in [-0.2, 0) is 4.74 Å². The number of carbonyl (C=O) groups is 1. The summed E-state index contributed by atoms with van der Waals surface area (Å²) in [5, 5.41) is 0.466. The number of rotatable bonds is 2. The molecule has 0 aliphatic heterocycles. The number of ether oxygens (including phenoxy) is 1. The van der Waals surface area contributed by atoms with E-state index in [0.717, 1.165) is 0 Å². The van der Waals surface area contributed by atoms with E-state index < -0.39 is 5.97 Å². The van der Waals surface area contributed by atoms with Crippen molar-refractivity contribution in [2.75, 3.05) is 6.61 Å². The number of aromatic nitrogens is 1. The average molecular weight is 265 g/mol. The first-order valence-electron chi connectivity index (χ1n) is 3.64. The van der Waals surface area contributed by atoms with E-state index in [0.29, 0.717) is 16.2 Å². The predicted molar refractivity (Wildman–Crippen MR) is 52.9 cm³/mol. The van der Waals surface area contributed by atoms with Gasteiger partial charge in [0.2, 0.25) is 0 Å². The van der Waals surface area contributed by atoms with Crippen LogP contribution in [0.4, 0.5) is 0 Å². The highest BCUT2D eigenvalue weighted by molar-refractivity contribution is 9.10. The highest BCUT2D eigenvalue weighted by atomic mass is 79.9. The lowest BCUT2D eigenvalue weighted by molar-refractivity contribution is 0.0519. The molecule has 0 aromatic carbocycles. The first kappa shape index (κ1) is 10.5. The summed E-state index contributed by atoms with van der Waals surface area (Å²) in [5.41, 5.74) is 0.248. The molecule has 70 valence electrons. The lowest BCUT2D eigenvalue weighted by Gasteiger charge is -2.01. The van der Waals surface area contributed by atoms with E-state index in [4.69, 9.17) is 16.3 Å². The van der Waals surface area contributed by atoms with Crippen LogP contribution in [0.2, 0.25) is 5.02 Å². The van der Waals surface area contributed by atoms with Crippen molar-refractivity contribution in [2.45, 2.75) is 6.92 Å². The Labute approximate surface area is 89.2 Å². The number of halogens is 2. The third-order valence-corrected chi connectivity index (χ3v) is 2.43. The Balaban J connectivity index is 2.90. The molecule has 0 saturated heterocycles. The second kappa shape index (κ2) is 4.58. The Bertz CT molecular complexity index is 330. The van der Waals surface area contributed by atoms with Gasteiger partial charge in [-0.2, -0.15) is 0 Å². The normalized spacial score (nSPS) is 9.77. The van der Waals surface area contributed by atoms with Gasteiger partial charge in [-0.15, -0.1) is 0 Å². The van der Waals surface area contributed by atoms with Crippen LogP contribution in [0.3, 0.4) is 0 Å². The van der Waals surface area contributed by atoms with Gasteiger partial charge in [0, 0.05) is 0 Å². The highest BCUT2D eigenvalue weighted by Gasteiger charge is 2.09. The van der Waals surface area contributed by atoms with Crippen molar-refractivity contribution in [3.63, 3.8) is 0 Å². The number of esters is 1. The molecule has 3 nitrogen and oxygen atoms in total. The molecule has 5 heteroatoms. The quantitative estimate of drug-likeness (QED) is 0.609. The monoisotopic (exact) mass is 263 g/mol. The summed E-state index contributed by atoms with van der Waals surface area (Å²) in [7, 11) is 0. The van der Waals surface area contributed by atoms with E-state index in [9.17, 15) is 4.79 Å². The van der Waals surface area contributed by atoms with Crippen LogP contribution in [0.15, 0.2) is 16.7 Å². The SMILES string of the molecule is CCOC(=O)c1ccc(Cl)c(Br)n1. The summed E-state index contributed by atoms with van der Waals surface area (Å²) < 4.78 is 5.20. The van der Waals surface area contributed by atoms with E-state index >= 15 is 0 Å². The molecule has 13 heavy (non-hydrogen) atoms. The maximum atomic E-state index is 11.2. The molecular formula is C8H7BrClNO2. The van der Waals surface area contributed by atoms with E-state index in [1.54, 1.807) is 13.0 Å². The second-order valence-electron chi connectivity index (χ2n) is 2.19. The Morgan fingerprint density at radius 3 is 2.92 bits per heavy atom. The van der Waals surface area contributed by atoms with E-state index in [1.807, 2.05) is 0 Å². The molecule has 0 N–H and O–H groups in total. The first-order valence-corrected chi connectivity index (χ1v) is 4.81. The molecule has 0 fully saturated rings. The summed E-state index contributed by atoms with van der Waals surface area (Å²) in [4.78, 5) is 15.1. The third-order valence-electron chi connectivity index (χ3n) is 1.29. The number of carbonyl (C=O) groups excluding carboxylic acids is 1. The topological polar surface area (TPSA) is 39.2 Å². The van der Waals surface area contributed by atoms with Crippen LogP contribution in [0.25, 0.3) is 0 Å². The molecule has 1 aromatic heterocycles. The van der Waals surface area contributed by atoms with Gasteiger partial charge in [-0.05, 0) is 35.0 Å². The van der Waals surface area contributed by atoms with Gasteiger partial charge >= 0.3 is 5.97 Å².